The van der Waals surface area contributed by atoms with E-state index in [1.807, 2.05) is 20.8 Å². The summed E-state index contributed by atoms with van der Waals surface area (Å²) in [6.45, 7) is 7.04. The molecule has 0 saturated heterocycles. The van der Waals surface area contributed by atoms with Gasteiger partial charge >= 0.3 is 0 Å². The molecule has 108 valence electrons. The Morgan fingerprint density at radius 1 is 1.39 bits per heavy atom. The standard InChI is InChI=1S/C12H25F2N3O/c1-8(2)16-12(4,11(15)18)6-9(3)17(5)7-10(13)14/h8-10,16H,6-7H2,1-5H3,(H2,15,18). The summed E-state index contributed by atoms with van der Waals surface area (Å²) in [5.41, 5.74) is 4.52. The van der Waals surface area contributed by atoms with Gasteiger partial charge in [0.15, 0.2) is 0 Å². The van der Waals surface area contributed by atoms with Crippen LogP contribution in [-0.4, -0.2) is 48.4 Å². The molecule has 0 aliphatic heterocycles. The number of nitrogens with zero attached hydrogens (tertiary/aromatic N) is 1. The second-order valence-electron chi connectivity index (χ2n) is 5.38. The summed E-state index contributed by atoms with van der Waals surface area (Å²) in [4.78, 5) is 13.1. The number of nitrogens with two attached hydrogens (primary N) is 1. The van der Waals surface area contributed by atoms with E-state index in [0.717, 1.165) is 0 Å². The Morgan fingerprint density at radius 3 is 2.22 bits per heavy atom. The first-order valence-corrected chi connectivity index (χ1v) is 6.14. The third-order valence-corrected chi connectivity index (χ3v) is 3.03. The van der Waals surface area contributed by atoms with Gasteiger partial charge in [-0.3, -0.25) is 9.69 Å². The molecule has 18 heavy (non-hydrogen) atoms. The molecule has 0 bridgehead atoms. The Balaban J connectivity index is 4.63. The lowest BCUT2D eigenvalue weighted by Crippen LogP contribution is -2.58. The maximum absolute atomic E-state index is 12.3. The molecule has 1 amide bonds. The van der Waals surface area contributed by atoms with Crippen LogP contribution in [0.2, 0.25) is 0 Å². The fourth-order valence-electron chi connectivity index (χ4n) is 2.01. The van der Waals surface area contributed by atoms with Crippen LogP contribution in [0, 0.1) is 0 Å². The van der Waals surface area contributed by atoms with Crippen LogP contribution in [0.5, 0.6) is 0 Å². The molecule has 0 fully saturated rings. The fourth-order valence-corrected chi connectivity index (χ4v) is 2.01. The van der Waals surface area contributed by atoms with E-state index in [2.05, 4.69) is 5.32 Å². The molecule has 0 aromatic carbocycles. The lowest BCUT2D eigenvalue weighted by Gasteiger charge is -2.35. The van der Waals surface area contributed by atoms with Crippen LogP contribution in [0.4, 0.5) is 8.78 Å². The summed E-state index contributed by atoms with van der Waals surface area (Å²) < 4.78 is 24.6. The average molecular weight is 265 g/mol. The molecule has 0 aliphatic carbocycles. The van der Waals surface area contributed by atoms with E-state index < -0.39 is 17.9 Å². The molecule has 4 nitrogen and oxygen atoms in total. The van der Waals surface area contributed by atoms with Crippen LogP contribution < -0.4 is 11.1 Å². The molecular formula is C12H25F2N3O. The Labute approximate surface area is 108 Å². The molecule has 0 radical (unpaired) electrons. The second-order valence-corrected chi connectivity index (χ2v) is 5.38. The number of rotatable bonds is 8. The van der Waals surface area contributed by atoms with E-state index in [4.69, 9.17) is 5.73 Å². The van der Waals surface area contributed by atoms with Gasteiger partial charge < -0.3 is 11.1 Å². The van der Waals surface area contributed by atoms with Crippen molar-refractivity contribution in [3.63, 3.8) is 0 Å². The number of hydrogen-bond donors (Lipinski definition) is 2. The number of alkyl halides is 2. The molecule has 6 heteroatoms. The average Bonchev–Trinajstić information content (AvgIpc) is 2.14. The van der Waals surface area contributed by atoms with Crippen LogP contribution in [0.1, 0.15) is 34.1 Å². The molecule has 0 saturated carbocycles. The third kappa shape index (κ3) is 5.73. The minimum absolute atomic E-state index is 0.0927. The molecular weight excluding hydrogens is 240 g/mol. The minimum Gasteiger partial charge on any atom is -0.368 e. The van der Waals surface area contributed by atoms with Gasteiger partial charge in [0.25, 0.3) is 6.43 Å². The zero-order valence-electron chi connectivity index (χ0n) is 11.8. The van der Waals surface area contributed by atoms with Crippen molar-refractivity contribution in [1.29, 1.82) is 0 Å². The largest absolute Gasteiger partial charge is 0.368 e. The second kappa shape index (κ2) is 6.99. The first-order valence-electron chi connectivity index (χ1n) is 6.14. The van der Waals surface area contributed by atoms with E-state index in [9.17, 15) is 13.6 Å². The van der Waals surface area contributed by atoms with E-state index in [1.54, 1.807) is 14.0 Å². The van der Waals surface area contributed by atoms with Crippen molar-refractivity contribution in [3.05, 3.63) is 0 Å². The number of primary amides is 1. The maximum Gasteiger partial charge on any atom is 0.251 e. The molecule has 0 rings (SSSR count). The van der Waals surface area contributed by atoms with E-state index >= 15 is 0 Å². The first kappa shape index (κ1) is 17.2. The van der Waals surface area contributed by atoms with E-state index in [0.29, 0.717) is 6.42 Å². The number of hydrogen-bond acceptors (Lipinski definition) is 3. The maximum atomic E-state index is 12.3. The normalized spacial score (nSPS) is 17.2. The van der Waals surface area contributed by atoms with Crippen LogP contribution in [0.15, 0.2) is 0 Å². The molecule has 0 aromatic rings. The molecule has 0 aromatic heterocycles. The van der Waals surface area contributed by atoms with Crippen LogP contribution in [0.25, 0.3) is 0 Å². The molecule has 2 unspecified atom stereocenters. The topological polar surface area (TPSA) is 58.4 Å². The Hall–Kier alpha value is -0.750. The van der Waals surface area contributed by atoms with Gasteiger partial charge in [-0.05, 0) is 41.2 Å². The summed E-state index contributed by atoms with van der Waals surface area (Å²) in [6.07, 6.45) is -1.99. The summed E-state index contributed by atoms with van der Waals surface area (Å²) in [6, 6.07) is -0.0714. The summed E-state index contributed by atoms with van der Waals surface area (Å²) in [7, 11) is 1.62. The van der Waals surface area contributed by atoms with Gasteiger partial charge in [0.05, 0.1) is 12.1 Å². The predicted octanol–water partition coefficient (Wildman–Crippen LogP) is 1.20. The quantitative estimate of drug-likeness (QED) is 0.693. The van der Waals surface area contributed by atoms with Gasteiger partial charge in [-0.2, -0.15) is 0 Å². The summed E-state index contributed by atoms with van der Waals surface area (Å²) in [5, 5.41) is 3.11. The van der Waals surface area contributed by atoms with E-state index in [-0.39, 0.29) is 18.6 Å². The Kier molecular flexibility index (Phi) is 6.70. The highest BCUT2D eigenvalue weighted by molar-refractivity contribution is 5.84. The smallest absolute Gasteiger partial charge is 0.251 e. The zero-order chi connectivity index (χ0) is 14.5. The van der Waals surface area contributed by atoms with Crippen molar-refractivity contribution in [2.75, 3.05) is 13.6 Å². The summed E-state index contributed by atoms with van der Waals surface area (Å²) in [5.74, 6) is -0.464. The van der Waals surface area contributed by atoms with Gasteiger partial charge in [-0.25, -0.2) is 8.78 Å². The third-order valence-electron chi connectivity index (χ3n) is 3.03. The molecule has 0 heterocycles. The first-order chi connectivity index (χ1) is 8.08. The highest BCUT2D eigenvalue weighted by atomic mass is 19.3. The van der Waals surface area contributed by atoms with Gasteiger partial charge in [0.1, 0.15) is 0 Å². The van der Waals surface area contributed by atoms with Crippen molar-refractivity contribution in [2.45, 2.75) is 58.2 Å². The minimum atomic E-state index is -2.38. The molecule has 3 N–H and O–H groups in total. The Bertz CT molecular complexity index is 274. The van der Waals surface area contributed by atoms with Gasteiger partial charge in [-0.1, -0.05) is 0 Å². The van der Waals surface area contributed by atoms with Crippen molar-refractivity contribution in [1.82, 2.24) is 10.2 Å². The Morgan fingerprint density at radius 2 is 1.89 bits per heavy atom. The lowest BCUT2D eigenvalue weighted by molar-refractivity contribution is -0.124. The highest BCUT2D eigenvalue weighted by Gasteiger charge is 2.34. The van der Waals surface area contributed by atoms with E-state index in [1.165, 1.54) is 4.90 Å². The van der Waals surface area contributed by atoms with Crippen molar-refractivity contribution < 1.29 is 13.6 Å². The number of halogens is 2. The zero-order valence-corrected chi connectivity index (χ0v) is 11.8. The van der Waals surface area contributed by atoms with Crippen LogP contribution >= 0.6 is 0 Å². The number of amides is 1. The van der Waals surface area contributed by atoms with Crippen molar-refractivity contribution in [2.24, 2.45) is 5.73 Å². The molecule has 0 aliphatic rings. The van der Waals surface area contributed by atoms with Crippen molar-refractivity contribution in [3.8, 4) is 0 Å². The fraction of sp³-hybridized carbons (Fsp3) is 0.917. The molecule has 0 spiro atoms. The number of nitrogens with one attached hydrogen (secondary N) is 1. The van der Waals surface area contributed by atoms with Crippen LogP contribution in [0.3, 0.4) is 0 Å². The van der Waals surface area contributed by atoms with Gasteiger partial charge in [0.2, 0.25) is 5.91 Å². The van der Waals surface area contributed by atoms with Crippen molar-refractivity contribution >= 4 is 5.91 Å². The highest BCUT2D eigenvalue weighted by Crippen LogP contribution is 2.17. The SMILES string of the molecule is CC(C)NC(C)(CC(C)N(C)CC(F)F)C(N)=O. The van der Waals surface area contributed by atoms with Gasteiger partial charge in [0, 0.05) is 12.1 Å². The summed E-state index contributed by atoms with van der Waals surface area (Å²) >= 11 is 0. The van der Waals surface area contributed by atoms with Gasteiger partial charge in [-0.15, -0.1) is 0 Å². The number of carbonyl (C=O) groups excluding carboxylic acids is 1. The predicted molar refractivity (Wildman–Crippen MR) is 68.6 cm³/mol. The monoisotopic (exact) mass is 265 g/mol. The molecule has 2 atom stereocenters. The lowest BCUT2D eigenvalue weighted by atomic mass is 9.91. The number of carbonyl (C=O) groups is 1. The van der Waals surface area contributed by atoms with Crippen LogP contribution in [-0.2, 0) is 4.79 Å².